The van der Waals surface area contributed by atoms with Crippen LogP contribution in [0.15, 0.2) is 24.5 Å². The number of imidazole rings is 1. The highest BCUT2D eigenvalue weighted by atomic mass is 32.1. The number of aryl methyl sites for hydroxylation is 3. The summed E-state index contributed by atoms with van der Waals surface area (Å²) in [6, 6.07) is 4.30. The Labute approximate surface area is 157 Å². The zero-order valence-electron chi connectivity index (χ0n) is 16.0. The first-order valence-corrected chi connectivity index (χ1v) is 10.1. The Balaban J connectivity index is 2.08. The lowest BCUT2D eigenvalue weighted by atomic mass is 9.95. The van der Waals surface area contributed by atoms with Gasteiger partial charge in [0.15, 0.2) is 5.65 Å². The first kappa shape index (κ1) is 17.2. The van der Waals surface area contributed by atoms with Crippen molar-refractivity contribution in [2.45, 2.75) is 53.4 Å². The molecule has 26 heavy (non-hydrogen) atoms. The first-order valence-electron chi connectivity index (χ1n) is 9.25. The van der Waals surface area contributed by atoms with Crippen LogP contribution in [0.25, 0.3) is 27.0 Å². The van der Waals surface area contributed by atoms with Gasteiger partial charge in [-0.1, -0.05) is 13.8 Å². The predicted octanol–water partition coefficient (Wildman–Crippen LogP) is 5.83. The summed E-state index contributed by atoms with van der Waals surface area (Å²) in [6.07, 6.45) is 6.05. The number of fused-ring (bicyclic) bond motifs is 2. The number of nitrogens with zero attached hydrogens (tertiary/aromatic N) is 4. The van der Waals surface area contributed by atoms with Gasteiger partial charge in [0.2, 0.25) is 0 Å². The molecule has 0 aliphatic heterocycles. The molecule has 0 bridgehead atoms. The molecular weight excluding hydrogens is 340 g/mol. The molecule has 0 amide bonds. The van der Waals surface area contributed by atoms with Gasteiger partial charge >= 0.3 is 0 Å². The van der Waals surface area contributed by atoms with E-state index >= 15 is 0 Å². The SMILES string of the molecule is CCC(CC)c1cc(C)nn2c(-c3c(C)sc4ccncc34)c(C)nc12. The molecule has 0 aromatic carbocycles. The van der Waals surface area contributed by atoms with Crippen LogP contribution in [0.3, 0.4) is 0 Å². The van der Waals surface area contributed by atoms with Gasteiger partial charge in [0, 0.05) is 38.5 Å². The Bertz CT molecular complexity index is 1100. The van der Waals surface area contributed by atoms with Crippen LogP contribution in [-0.4, -0.2) is 19.6 Å². The molecule has 0 aliphatic carbocycles. The van der Waals surface area contributed by atoms with E-state index in [0.717, 1.165) is 35.6 Å². The average Bonchev–Trinajstić information content (AvgIpc) is 3.11. The number of aromatic nitrogens is 4. The summed E-state index contributed by atoms with van der Waals surface area (Å²) in [6.45, 7) is 10.8. The summed E-state index contributed by atoms with van der Waals surface area (Å²) < 4.78 is 3.33. The van der Waals surface area contributed by atoms with E-state index in [1.165, 1.54) is 26.1 Å². The van der Waals surface area contributed by atoms with Crippen LogP contribution in [0.1, 0.15) is 54.4 Å². The maximum atomic E-state index is 4.96. The van der Waals surface area contributed by atoms with Gasteiger partial charge in [-0.05, 0) is 51.7 Å². The summed E-state index contributed by atoms with van der Waals surface area (Å²) in [5.41, 5.74) is 6.70. The van der Waals surface area contributed by atoms with Crippen LogP contribution in [0.4, 0.5) is 0 Å². The number of hydrogen-bond acceptors (Lipinski definition) is 4. The molecule has 4 rings (SSSR count). The Kier molecular flexibility index (Phi) is 4.27. The van der Waals surface area contributed by atoms with Crippen molar-refractivity contribution < 1.29 is 0 Å². The van der Waals surface area contributed by atoms with Crippen molar-refractivity contribution in [3.05, 3.63) is 46.4 Å². The second-order valence-electron chi connectivity index (χ2n) is 6.94. The standard InChI is InChI=1S/C21H24N4S/c1-6-15(7-2)16-10-12(3)24-25-20(13(4)23-21(16)25)19-14(5)26-18-8-9-22-11-17(18)19/h8-11,15H,6-7H2,1-5H3. The van der Waals surface area contributed by atoms with Crippen molar-refractivity contribution in [1.82, 2.24) is 19.6 Å². The maximum Gasteiger partial charge on any atom is 0.157 e. The lowest BCUT2D eigenvalue weighted by Crippen LogP contribution is -2.05. The quantitative estimate of drug-likeness (QED) is 0.457. The summed E-state index contributed by atoms with van der Waals surface area (Å²) in [5.74, 6) is 0.510. The van der Waals surface area contributed by atoms with Crippen molar-refractivity contribution in [3.8, 4) is 11.3 Å². The van der Waals surface area contributed by atoms with E-state index in [-0.39, 0.29) is 0 Å². The van der Waals surface area contributed by atoms with E-state index in [9.17, 15) is 0 Å². The van der Waals surface area contributed by atoms with Gasteiger partial charge < -0.3 is 0 Å². The Morgan fingerprint density at radius 2 is 1.92 bits per heavy atom. The number of pyridine rings is 1. The van der Waals surface area contributed by atoms with Crippen LogP contribution < -0.4 is 0 Å². The van der Waals surface area contributed by atoms with Crippen molar-refractivity contribution in [2.75, 3.05) is 0 Å². The zero-order valence-corrected chi connectivity index (χ0v) is 16.8. The predicted molar refractivity (Wildman–Crippen MR) is 109 cm³/mol. The second-order valence-corrected chi connectivity index (χ2v) is 8.20. The second kappa shape index (κ2) is 6.47. The van der Waals surface area contributed by atoms with Gasteiger partial charge in [0.1, 0.15) is 0 Å². The third-order valence-corrected chi connectivity index (χ3v) is 6.32. The number of thiophene rings is 1. The minimum absolute atomic E-state index is 0.510. The molecule has 4 aromatic heterocycles. The fraction of sp³-hybridized carbons (Fsp3) is 0.381. The van der Waals surface area contributed by atoms with Crippen LogP contribution in [0.2, 0.25) is 0 Å². The molecule has 0 spiro atoms. The monoisotopic (exact) mass is 364 g/mol. The fourth-order valence-electron chi connectivity index (χ4n) is 3.95. The van der Waals surface area contributed by atoms with Crippen LogP contribution in [0, 0.1) is 20.8 Å². The molecular formula is C21H24N4S. The first-order chi connectivity index (χ1) is 12.5. The molecule has 4 heterocycles. The molecule has 134 valence electrons. The van der Waals surface area contributed by atoms with Crippen molar-refractivity contribution in [3.63, 3.8) is 0 Å². The lowest BCUT2D eigenvalue weighted by Gasteiger charge is -2.14. The summed E-state index contributed by atoms with van der Waals surface area (Å²) >= 11 is 1.81. The summed E-state index contributed by atoms with van der Waals surface area (Å²) in [7, 11) is 0. The van der Waals surface area contributed by atoms with E-state index in [1.807, 2.05) is 23.7 Å². The molecule has 4 aromatic rings. The lowest BCUT2D eigenvalue weighted by molar-refractivity contribution is 0.638. The molecule has 4 nitrogen and oxygen atoms in total. The Morgan fingerprint density at radius 1 is 1.15 bits per heavy atom. The Hall–Kier alpha value is -2.27. The topological polar surface area (TPSA) is 43.1 Å². The summed E-state index contributed by atoms with van der Waals surface area (Å²) in [4.78, 5) is 10.6. The maximum absolute atomic E-state index is 4.96. The normalized spacial score (nSPS) is 11.9. The molecule has 0 fully saturated rings. The highest BCUT2D eigenvalue weighted by molar-refractivity contribution is 7.19. The van der Waals surface area contributed by atoms with Crippen molar-refractivity contribution in [1.29, 1.82) is 0 Å². The van der Waals surface area contributed by atoms with E-state index in [4.69, 9.17) is 10.1 Å². The third-order valence-electron chi connectivity index (χ3n) is 5.24. The van der Waals surface area contributed by atoms with Crippen molar-refractivity contribution in [2.24, 2.45) is 0 Å². The van der Waals surface area contributed by atoms with Gasteiger partial charge in [-0.3, -0.25) is 4.98 Å². The third kappa shape index (κ3) is 2.53. The highest BCUT2D eigenvalue weighted by Gasteiger charge is 2.22. The van der Waals surface area contributed by atoms with Gasteiger partial charge in [-0.25, -0.2) is 9.50 Å². The van der Waals surface area contributed by atoms with Crippen LogP contribution in [0.5, 0.6) is 0 Å². The average molecular weight is 365 g/mol. The van der Waals surface area contributed by atoms with Gasteiger partial charge in [-0.2, -0.15) is 5.10 Å². The van der Waals surface area contributed by atoms with E-state index < -0.39 is 0 Å². The minimum Gasteiger partial charge on any atom is -0.264 e. The largest absolute Gasteiger partial charge is 0.264 e. The van der Waals surface area contributed by atoms with Gasteiger partial charge in [0.25, 0.3) is 0 Å². The van der Waals surface area contributed by atoms with Crippen molar-refractivity contribution >= 4 is 27.1 Å². The minimum atomic E-state index is 0.510. The smallest absolute Gasteiger partial charge is 0.157 e. The van der Waals surface area contributed by atoms with E-state index in [2.05, 4.69) is 56.3 Å². The molecule has 0 radical (unpaired) electrons. The highest BCUT2D eigenvalue weighted by Crippen LogP contribution is 2.40. The molecule has 0 saturated carbocycles. The van der Waals surface area contributed by atoms with Crippen LogP contribution in [-0.2, 0) is 0 Å². The van der Waals surface area contributed by atoms with Gasteiger partial charge in [0.05, 0.1) is 17.1 Å². The van der Waals surface area contributed by atoms with E-state index in [0.29, 0.717) is 5.92 Å². The molecule has 0 saturated heterocycles. The molecule has 0 aliphatic rings. The fourth-order valence-corrected chi connectivity index (χ4v) is 4.98. The van der Waals surface area contributed by atoms with Crippen LogP contribution >= 0.6 is 11.3 Å². The molecule has 5 heteroatoms. The summed E-state index contributed by atoms with van der Waals surface area (Å²) in [5, 5.41) is 6.04. The molecule has 0 atom stereocenters. The molecule has 0 N–H and O–H groups in total. The number of hydrogen-bond donors (Lipinski definition) is 0. The Morgan fingerprint density at radius 3 is 2.65 bits per heavy atom. The number of rotatable bonds is 4. The van der Waals surface area contributed by atoms with Gasteiger partial charge in [-0.15, -0.1) is 11.3 Å². The van der Waals surface area contributed by atoms with E-state index in [1.54, 1.807) is 0 Å². The zero-order chi connectivity index (χ0) is 18.4. The molecule has 0 unspecified atom stereocenters.